The molecule has 1 aromatic rings. The highest BCUT2D eigenvalue weighted by Gasteiger charge is 1.96. The lowest BCUT2D eigenvalue weighted by atomic mass is 10.2. The van der Waals surface area contributed by atoms with E-state index in [9.17, 15) is 4.79 Å². The van der Waals surface area contributed by atoms with E-state index in [1.807, 2.05) is 38.1 Å². The van der Waals surface area contributed by atoms with E-state index in [1.165, 1.54) is 11.8 Å². The molecule has 0 spiro atoms. The third-order valence-corrected chi connectivity index (χ3v) is 2.50. The Balaban J connectivity index is 2.53. The minimum absolute atomic E-state index is 0.0972. The van der Waals surface area contributed by atoms with Gasteiger partial charge in [0.1, 0.15) is 5.75 Å². The Kier molecular flexibility index (Phi) is 5.65. The first kappa shape index (κ1) is 13.7. The molecular formula is C14H16O2S. The second-order valence-electron chi connectivity index (χ2n) is 3.77. The number of carbonyl (C=O) groups excluding carboxylic acids is 1. The van der Waals surface area contributed by atoms with Crippen LogP contribution in [0.2, 0.25) is 0 Å². The summed E-state index contributed by atoms with van der Waals surface area (Å²) < 4.78 is 5.53. The normalized spacial score (nSPS) is 9.65. The topological polar surface area (TPSA) is 26.3 Å². The Hall–Kier alpha value is -1.40. The van der Waals surface area contributed by atoms with Gasteiger partial charge in [0.25, 0.3) is 0 Å². The summed E-state index contributed by atoms with van der Waals surface area (Å²) in [5.41, 5.74) is 0.935. The third kappa shape index (κ3) is 6.03. The molecule has 0 radical (unpaired) electrons. The second kappa shape index (κ2) is 7.03. The summed E-state index contributed by atoms with van der Waals surface area (Å²) in [6.07, 6.45) is 0.180. The van der Waals surface area contributed by atoms with Gasteiger partial charge in [-0.2, -0.15) is 0 Å². The minimum atomic E-state index is 0.0972. The van der Waals surface area contributed by atoms with Crippen molar-refractivity contribution in [2.75, 3.05) is 5.75 Å². The summed E-state index contributed by atoms with van der Waals surface area (Å²) in [4.78, 5) is 10.7. The molecule has 0 saturated carbocycles. The van der Waals surface area contributed by atoms with Gasteiger partial charge in [0, 0.05) is 12.5 Å². The van der Waals surface area contributed by atoms with Gasteiger partial charge in [-0.05, 0) is 38.1 Å². The highest BCUT2D eigenvalue weighted by molar-refractivity contribution is 8.13. The predicted molar refractivity (Wildman–Crippen MR) is 72.2 cm³/mol. The maximum Gasteiger partial charge on any atom is 0.186 e. The Bertz CT molecular complexity index is 424. The fourth-order valence-corrected chi connectivity index (χ4v) is 1.51. The molecule has 0 aliphatic carbocycles. The van der Waals surface area contributed by atoms with Crippen molar-refractivity contribution >= 4 is 16.9 Å². The first-order chi connectivity index (χ1) is 8.08. The van der Waals surface area contributed by atoms with Gasteiger partial charge in [-0.15, -0.1) is 0 Å². The zero-order valence-electron chi connectivity index (χ0n) is 10.3. The van der Waals surface area contributed by atoms with E-state index in [0.717, 1.165) is 11.3 Å². The zero-order chi connectivity index (χ0) is 12.7. The van der Waals surface area contributed by atoms with E-state index in [2.05, 4.69) is 11.8 Å². The van der Waals surface area contributed by atoms with Gasteiger partial charge < -0.3 is 4.74 Å². The van der Waals surface area contributed by atoms with Crippen molar-refractivity contribution < 1.29 is 9.53 Å². The molecule has 0 atom stereocenters. The molecule has 0 N–H and O–H groups in total. The molecular weight excluding hydrogens is 232 g/mol. The first-order valence-corrected chi connectivity index (χ1v) is 6.45. The van der Waals surface area contributed by atoms with Crippen LogP contribution in [0.25, 0.3) is 0 Å². The summed E-state index contributed by atoms with van der Waals surface area (Å²) in [6, 6.07) is 7.65. The fraction of sp³-hybridized carbons (Fsp3) is 0.357. The van der Waals surface area contributed by atoms with E-state index in [0.29, 0.717) is 5.75 Å². The lowest BCUT2D eigenvalue weighted by molar-refractivity contribution is -0.109. The molecule has 1 rings (SSSR count). The Morgan fingerprint density at radius 1 is 1.35 bits per heavy atom. The lowest BCUT2D eigenvalue weighted by Crippen LogP contribution is -2.05. The van der Waals surface area contributed by atoms with Crippen LogP contribution in [-0.2, 0) is 4.79 Å². The Labute approximate surface area is 107 Å². The Morgan fingerprint density at radius 2 is 2.00 bits per heavy atom. The van der Waals surface area contributed by atoms with Crippen molar-refractivity contribution in [1.82, 2.24) is 0 Å². The number of ether oxygens (including phenoxy) is 1. The third-order valence-electron chi connectivity index (χ3n) is 1.81. The van der Waals surface area contributed by atoms with Gasteiger partial charge in [0.05, 0.1) is 11.9 Å². The van der Waals surface area contributed by atoms with Gasteiger partial charge in [-0.3, -0.25) is 4.79 Å². The van der Waals surface area contributed by atoms with E-state index in [4.69, 9.17) is 4.74 Å². The maximum atomic E-state index is 10.7. The smallest absolute Gasteiger partial charge is 0.186 e. The van der Waals surface area contributed by atoms with Gasteiger partial charge in [0.15, 0.2) is 5.12 Å². The number of benzene rings is 1. The largest absolute Gasteiger partial charge is 0.491 e. The van der Waals surface area contributed by atoms with Gasteiger partial charge in [-0.1, -0.05) is 23.6 Å². The van der Waals surface area contributed by atoms with Crippen LogP contribution >= 0.6 is 11.8 Å². The average molecular weight is 248 g/mol. The van der Waals surface area contributed by atoms with E-state index in [-0.39, 0.29) is 11.2 Å². The van der Waals surface area contributed by atoms with Gasteiger partial charge >= 0.3 is 0 Å². The monoisotopic (exact) mass is 248 g/mol. The summed E-state index contributed by atoms with van der Waals surface area (Å²) in [7, 11) is 0. The molecule has 0 amide bonds. The SMILES string of the molecule is CC(=O)SCC#Cc1ccc(OC(C)C)cc1. The van der Waals surface area contributed by atoms with Crippen LogP contribution < -0.4 is 4.74 Å². The van der Waals surface area contributed by atoms with Crippen LogP contribution in [0.4, 0.5) is 0 Å². The van der Waals surface area contributed by atoms with Crippen molar-refractivity contribution in [3.8, 4) is 17.6 Å². The van der Waals surface area contributed by atoms with Crippen LogP contribution in [0.1, 0.15) is 26.3 Å². The van der Waals surface area contributed by atoms with Crippen molar-refractivity contribution in [1.29, 1.82) is 0 Å². The number of carbonyl (C=O) groups is 1. The van der Waals surface area contributed by atoms with Crippen LogP contribution in [0, 0.1) is 11.8 Å². The first-order valence-electron chi connectivity index (χ1n) is 5.47. The average Bonchev–Trinajstić information content (AvgIpc) is 2.25. The molecule has 0 aliphatic heterocycles. The standard InChI is InChI=1S/C14H16O2S/c1-11(2)16-14-8-6-13(7-9-14)5-4-10-17-12(3)15/h6-9,11H,10H2,1-3H3. The fourth-order valence-electron chi connectivity index (χ4n) is 1.16. The van der Waals surface area contributed by atoms with Crippen LogP contribution in [0.3, 0.4) is 0 Å². The molecule has 0 aliphatic rings. The quantitative estimate of drug-likeness (QED) is 0.769. The molecule has 0 heterocycles. The molecule has 17 heavy (non-hydrogen) atoms. The molecule has 2 nitrogen and oxygen atoms in total. The highest BCUT2D eigenvalue weighted by atomic mass is 32.2. The number of rotatable bonds is 3. The summed E-state index contributed by atoms with van der Waals surface area (Å²) in [5.74, 6) is 7.34. The van der Waals surface area contributed by atoms with E-state index >= 15 is 0 Å². The van der Waals surface area contributed by atoms with Crippen molar-refractivity contribution in [2.45, 2.75) is 26.9 Å². The van der Waals surface area contributed by atoms with Gasteiger partial charge in [-0.25, -0.2) is 0 Å². The van der Waals surface area contributed by atoms with Crippen LogP contribution in [0.15, 0.2) is 24.3 Å². The number of thioether (sulfide) groups is 1. The van der Waals surface area contributed by atoms with E-state index < -0.39 is 0 Å². The molecule has 0 saturated heterocycles. The minimum Gasteiger partial charge on any atom is -0.491 e. The number of hydrogen-bond acceptors (Lipinski definition) is 3. The summed E-state index contributed by atoms with van der Waals surface area (Å²) in [6.45, 7) is 5.53. The molecule has 0 unspecified atom stereocenters. The Morgan fingerprint density at radius 3 is 2.53 bits per heavy atom. The molecule has 0 aromatic heterocycles. The van der Waals surface area contributed by atoms with Crippen molar-refractivity contribution in [3.63, 3.8) is 0 Å². The highest BCUT2D eigenvalue weighted by Crippen LogP contribution is 2.13. The maximum absolute atomic E-state index is 10.7. The summed E-state index contributed by atoms with van der Waals surface area (Å²) in [5, 5.41) is 0.0972. The van der Waals surface area contributed by atoms with Crippen LogP contribution in [0.5, 0.6) is 5.75 Å². The van der Waals surface area contributed by atoms with Gasteiger partial charge in [0.2, 0.25) is 0 Å². The zero-order valence-corrected chi connectivity index (χ0v) is 11.1. The molecule has 3 heteroatoms. The van der Waals surface area contributed by atoms with Crippen molar-refractivity contribution in [2.24, 2.45) is 0 Å². The van der Waals surface area contributed by atoms with Crippen LogP contribution in [-0.4, -0.2) is 17.0 Å². The molecule has 0 fully saturated rings. The summed E-state index contributed by atoms with van der Waals surface area (Å²) >= 11 is 1.22. The number of hydrogen-bond donors (Lipinski definition) is 0. The van der Waals surface area contributed by atoms with Crippen molar-refractivity contribution in [3.05, 3.63) is 29.8 Å². The predicted octanol–water partition coefficient (Wildman–Crippen LogP) is 3.11. The molecule has 90 valence electrons. The molecule has 0 bridgehead atoms. The second-order valence-corrected chi connectivity index (χ2v) is 4.93. The van der Waals surface area contributed by atoms with E-state index in [1.54, 1.807) is 6.92 Å². The lowest BCUT2D eigenvalue weighted by Gasteiger charge is -2.08. The molecule has 1 aromatic carbocycles.